The number of urea groups is 1. The number of hydrogen-bond acceptors (Lipinski definition) is 5. The quantitative estimate of drug-likeness (QED) is 0.246. The molecular weight excluding hydrogens is 503 g/mol. The lowest BCUT2D eigenvalue weighted by Gasteiger charge is -2.23. The van der Waals surface area contributed by atoms with Gasteiger partial charge in [0.25, 0.3) is 0 Å². The Kier molecular flexibility index (Phi) is 11.6. The summed E-state index contributed by atoms with van der Waals surface area (Å²) in [6, 6.07) is 20.3. The highest BCUT2D eigenvalue weighted by atomic mass is 19.1. The molecule has 0 saturated carbocycles. The van der Waals surface area contributed by atoms with Gasteiger partial charge in [-0.25, -0.2) is 14.0 Å². The van der Waals surface area contributed by atoms with Gasteiger partial charge in [0.1, 0.15) is 23.9 Å². The number of amides is 2. The molecule has 0 heterocycles. The molecule has 2 amide bonds. The van der Waals surface area contributed by atoms with E-state index >= 15 is 0 Å². The number of aliphatic carboxylic acids is 1. The summed E-state index contributed by atoms with van der Waals surface area (Å²) >= 11 is 0. The van der Waals surface area contributed by atoms with Gasteiger partial charge in [-0.1, -0.05) is 29.8 Å². The van der Waals surface area contributed by atoms with E-state index in [0.717, 1.165) is 11.1 Å². The molecule has 0 aromatic heterocycles. The first-order valence-electron chi connectivity index (χ1n) is 12.9. The van der Waals surface area contributed by atoms with Crippen molar-refractivity contribution < 1.29 is 33.3 Å². The number of carboxylic acids is 1. The van der Waals surface area contributed by atoms with Crippen LogP contribution in [0.3, 0.4) is 0 Å². The fraction of sp³-hybridized carbons (Fsp3) is 0.333. The highest BCUT2D eigenvalue weighted by molar-refractivity contribution is 5.89. The van der Waals surface area contributed by atoms with Crippen LogP contribution in [0, 0.1) is 12.7 Å². The van der Waals surface area contributed by atoms with E-state index < -0.39 is 12.1 Å². The highest BCUT2D eigenvalue weighted by Crippen LogP contribution is 2.16. The molecular formula is C30H35FN2O6. The Morgan fingerprint density at radius 1 is 0.897 bits per heavy atom. The van der Waals surface area contributed by atoms with Crippen molar-refractivity contribution >= 4 is 17.7 Å². The number of ether oxygens (including phenoxy) is 3. The molecule has 0 aliphatic rings. The van der Waals surface area contributed by atoms with Gasteiger partial charge in [0.15, 0.2) is 6.10 Å². The molecule has 0 bridgehead atoms. The van der Waals surface area contributed by atoms with E-state index in [1.807, 2.05) is 31.2 Å². The van der Waals surface area contributed by atoms with Crippen molar-refractivity contribution in [3.8, 4) is 11.5 Å². The summed E-state index contributed by atoms with van der Waals surface area (Å²) in [5.74, 6) is -0.148. The van der Waals surface area contributed by atoms with Crippen LogP contribution in [-0.2, 0) is 16.0 Å². The number of anilines is 1. The zero-order valence-corrected chi connectivity index (χ0v) is 22.3. The van der Waals surface area contributed by atoms with Crippen molar-refractivity contribution in [2.45, 2.75) is 32.8 Å². The number of hydrogen-bond donors (Lipinski definition) is 2. The summed E-state index contributed by atoms with van der Waals surface area (Å²) in [5, 5.41) is 12.2. The lowest BCUT2D eigenvalue weighted by molar-refractivity contribution is -0.149. The van der Waals surface area contributed by atoms with Crippen molar-refractivity contribution in [3.05, 3.63) is 89.7 Å². The molecule has 0 saturated heterocycles. The van der Waals surface area contributed by atoms with Gasteiger partial charge < -0.3 is 29.5 Å². The maximum absolute atomic E-state index is 13.1. The van der Waals surface area contributed by atoms with Crippen molar-refractivity contribution in [1.29, 1.82) is 0 Å². The fourth-order valence-corrected chi connectivity index (χ4v) is 3.76. The first kappa shape index (κ1) is 29.4. The number of carbonyl (C=O) groups is 2. The molecule has 3 rings (SSSR count). The summed E-state index contributed by atoms with van der Waals surface area (Å²) in [6.07, 6.45) is -0.0663. The van der Waals surface area contributed by atoms with E-state index in [1.165, 1.54) is 12.1 Å². The average Bonchev–Trinajstić information content (AvgIpc) is 2.92. The normalized spacial score (nSPS) is 11.5. The Morgan fingerprint density at radius 3 is 2.13 bits per heavy atom. The molecule has 39 heavy (non-hydrogen) atoms. The SMILES string of the molecule is CCOC(Cc1ccc(OCCN(CCCOc2ccc(F)cc2)C(=O)Nc2ccc(C)cc2)cc1)C(=O)O. The van der Waals surface area contributed by atoms with Crippen molar-refractivity contribution in [3.63, 3.8) is 0 Å². The van der Waals surface area contributed by atoms with Gasteiger partial charge >= 0.3 is 12.0 Å². The minimum absolute atomic E-state index is 0.254. The highest BCUT2D eigenvalue weighted by Gasteiger charge is 2.18. The molecule has 3 aromatic rings. The zero-order valence-electron chi connectivity index (χ0n) is 22.3. The second-order valence-electron chi connectivity index (χ2n) is 8.92. The molecule has 9 heteroatoms. The number of carbonyl (C=O) groups excluding carboxylic acids is 1. The smallest absolute Gasteiger partial charge is 0.333 e. The monoisotopic (exact) mass is 538 g/mol. The van der Waals surface area contributed by atoms with Crippen LogP contribution in [0.2, 0.25) is 0 Å². The molecule has 0 fully saturated rings. The topological polar surface area (TPSA) is 97.3 Å². The second kappa shape index (κ2) is 15.3. The van der Waals surface area contributed by atoms with Gasteiger partial charge in [-0.15, -0.1) is 0 Å². The van der Waals surface area contributed by atoms with E-state index in [2.05, 4.69) is 5.32 Å². The molecule has 0 aliphatic heterocycles. The standard InChI is InChI=1S/C30H35FN2O6/c1-3-37-28(29(34)35)21-23-7-13-26(14-8-23)39-20-18-33(30(36)32-25-11-5-22(2)6-12-25)17-4-19-38-27-15-9-24(31)10-16-27/h5-16,28H,3-4,17-21H2,1-2H3,(H,32,36)(H,34,35). The van der Waals surface area contributed by atoms with Crippen LogP contribution in [0.25, 0.3) is 0 Å². The Morgan fingerprint density at radius 2 is 1.51 bits per heavy atom. The molecule has 0 spiro atoms. The summed E-state index contributed by atoms with van der Waals surface area (Å²) in [6.45, 7) is 5.45. The zero-order chi connectivity index (χ0) is 28.0. The van der Waals surface area contributed by atoms with Gasteiger partial charge in [0.05, 0.1) is 13.2 Å². The maximum Gasteiger partial charge on any atom is 0.333 e. The Bertz CT molecular complexity index is 1170. The first-order chi connectivity index (χ1) is 18.8. The minimum atomic E-state index is -0.996. The van der Waals surface area contributed by atoms with Crippen LogP contribution >= 0.6 is 0 Å². The van der Waals surface area contributed by atoms with Gasteiger partial charge in [0.2, 0.25) is 0 Å². The molecule has 1 atom stereocenters. The fourth-order valence-electron chi connectivity index (χ4n) is 3.76. The third-order valence-electron chi connectivity index (χ3n) is 5.86. The van der Waals surface area contributed by atoms with E-state index in [-0.39, 0.29) is 24.9 Å². The number of halogens is 1. The van der Waals surface area contributed by atoms with Gasteiger partial charge in [-0.2, -0.15) is 0 Å². The summed E-state index contributed by atoms with van der Waals surface area (Å²) < 4.78 is 29.9. The summed E-state index contributed by atoms with van der Waals surface area (Å²) in [5.41, 5.74) is 2.61. The summed E-state index contributed by atoms with van der Waals surface area (Å²) in [4.78, 5) is 26.0. The van der Waals surface area contributed by atoms with Crippen molar-refractivity contribution in [2.24, 2.45) is 0 Å². The van der Waals surface area contributed by atoms with Crippen LogP contribution < -0.4 is 14.8 Å². The third kappa shape index (κ3) is 10.3. The van der Waals surface area contributed by atoms with Crippen LogP contribution in [0.4, 0.5) is 14.9 Å². The van der Waals surface area contributed by atoms with Gasteiger partial charge in [0, 0.05) is 25.3 Å². The summed E-state index contributed by atoms with van der Waals surface area (Å²) in [7, 11) is 0. The van der Waals surface area contributed by atoms with Gasteiger partial charge in [-0.3, -0.25) is 0 Å². The van der Waals surface area contributed by atoms with Crippen molar-refractivity contribution in [1.82, 2.24) is 4.90 Å². The van der Waals surface area contributed by atoms with E-state index in [9.17, 15) is 19.1 Å². The lowest BCUT2D eigenvalue weighted by atomic mass is 10.1. The Labute approximate surface area is 228 Å². The largest absolute Gasteiger partial charge is 0.494 e. The molecule has 0 radical (unpaired) electrons. The molecule has 2 N–H and O–H groups in total. The lowest BCUT2D eigenvalue weighted by Crippen LogP contribution is -2.39. The maximum atomic E-state index is 13.1. The molecule has 3 aromatic carbocycles. The number of nitrogens with zero attached hydrogens (tertiary/aromatic N) is 1. The third-order valence-corrected chi connectivity index (χ3v) is 5.86. The van der Waals surface area contributed by atoms with Crippen LogP contribution in [-0.4, -0.2) is 61.0 Å². The van der Waals surface area contributed by atoms with E-state index in [4.69, 9.17) is 14.2 Å². The number of nitrogens with one attached hydrogen (secondary N) is 1. The average molecular weight is 539 g/mol. The number of carboxylic acid groups (broad SMARTS) is 1. The Hall–Kier alpha value is -4.11. The minimum Gasteiger partial charge on any atom is -0.494 e. The number of aryl methyl sites for hydroxylation is 1. The molecule has 8 nitrogen and oxygen atoms in total. The van der Waals surface area contributed by atoms with E-state index in [1.54, 1.807) is 48.2 Å². The van der Waals surface area contributed by atoms with Crippen LogP contribution in [0.5, 0.6) is 11.5 Å². The molecule has 0 aliphatic carbocycles. The predicted molar refractivity (Wildman–Crippen MR) is 147 cm³/mol. The second-order valence-corrected chi connectivity index (χ2v) is 8.92. The van der Waals surface area contributed by atoms with Crippen LogP contribution in [0.15, 0.2) is 72.8 Å². The predicted octanol–water partition coefficient (Wildman–Crippen LogP) is 5.55. The molecule has 1 unspecified atom stereocenters. The number of benzene rings is 3. The van der Waals surface area contributed by atoms with E-state index in [0.29, 0.717) is 49.9 Å². The van der Waals surface area contributed by atoms with Crippen molar-refractivity contribution in [2.75, 3.05) is 38.2 Å². The number of rotatable bonds is 15. The molecule has 208 valence electrons. The van der Waals surface area contributed by atoms with Gasteiger partial charge in [-0.05, 0) is 74.4 Å². The Balaban J connectivity index is 1.53. The van der Waals surface area contributed by atoms with Crippen LogP contribution in [0.1, 0.15) is 24.5 Å². The first-order valence-corrected chi connectivity index (χ1v) is 12.9.